The van der Waals surface area contributed by atoms with E-state index in [1.54, 1.807) is 11.0 Å². The second kappa shape index (κ2) is 10.9. The first-order valence-corrected chi connectivity index (χ1v) is 12.5. The topological polar surface area (TPSA) is 96.6 Å². The van der Waals surface area contributed by atoms with E-state index in [4.69, 9.17) is 15.5 Å². The highest BCUT2D eigenvalue weighted by atomic mass is 19.1. The van der Waals surface area contributed by atoms with Crippen LogP contribution in [0.2, 0.25) is 0 Å². The molecule has 1 aliphatic carbocycles. The van der Waals surface area contributed by atoms with Gasteiger partial charge in [0.05, 0.1) is 42.7 Å². The number of carbonyl (C=O) groups excluding carboxylic acids is 1. The monoisotopic (exact) mass is 490 g/mol. The lowest BCUT2D eigenvalue weighted by Crippen LogP contribution is -2.45. The summed E-state index contributed by atoms with van der Waals surface area (Å²) in [5.74, 6) is -0.102. The summed E-state index contributed by atoms with van der Waals surface area (Å²) in [6.07, 6.45) is 7.41. The van der Waals surface area contributed by atoms with Gasteiger partial charge in [0.15, 0.2) is 5.82 Å². The van der Waals surface area contributed by atoms with Gasteiger partial charge in [-0.1, -0.05) is 31.4 Å². The highest BCUT2D eigenvalue weighted by Gasteiger charge is 2.30. The Morgan fingerprint density at radius 2 is 1.89 bits per heavy atom. The van der Waals surface area contributed by atoms with Crippen molar-refractivity contribution in [3.63, 3.8) is 0 Å². The van der Waals surface area contributed by atoms with E-state index in [0.717, 1.165) is 68.3 Å². The largest absolute Gasteiger partial charge is 0.396 e. The van der Waals surface area contributed by atoms with E-state index in [2.05, 4.69) is 27.3 Å². The summed E-state index contributed by atoms with van der Waals surface area (Å²) in [4.78, 5) is 26.2. The van der Waals surface area contributed by atoms with Gasteiger partial charge in [0.1, 0.15) is 5.82 Å². The molecule has 0 unspecified atom stereocenters. The van der Waals surface area contributed by atoms with Gasteiger partial charge in [0.25, 0.3) is 0 Å². The average molecular weight is 491 g/mol. The zero-order valence-corrected chi connectivity index (χ0v) is 20.2. The number of nitrogens with two attached hydrogens (primary N) is 1. The summed E-state index contributed by atoms with van der Waals surface area (Å²) < 4.78 is 19.2. The third kappa shape index (κ3) is 5.41. The van der Waals surface area contributed by atoms with Crippen molar-refractivity contribution in [2.75, 3.05) is 47.2 Å². The fourth-order valence-electron chi connectivity index (χ4n) is 4.93. The number of nitrogen functional groups attached to an aromatic ring is 1. The van der Waals surface area contributed by atoms with Crippen LogP contribution < -0.4 is 20.9 Å². The molecule has 1 saturated carbocycles. The maximum absolute atomic E-state index is 13.7. The number of halogens is 1. The zero-order chi connectivity index (χ0) is 24.9. The number of benzene rings is 1. The van der Waals surface area contributed by atoms with E-state index in [9.17, 15) is 9.18 Å². The molecule has 2 aromatic heterocycles. The predicted molar refractivity (Wildman–Crippen MR) is 140 cm³/mol. The van der Waals surface area contributed by atoms with Gasteiger partial charge in [-0.25, -0.2) is 14.2 Å². The second-order valence-electron chi connectivity index (χ2n) is 9.24. The van der Waals surface area contributed by atoms with Gasteiger partial charge in [-0.15, -0.1) is 0 Å². The molecule has 0 atom stereocenters. The number of ether oxygens (including phenoxy) is 1. The summed E-state index contributed by atoms with van der Waals surface area (Å²) in [6.45, 7) is 3.10. The highest BCUT2D eigenvalue weighted by Crippen LogP contribution is 2.33. The van der Waals surface area contributed by atoms with Gasteiger partial charge >= 0.3 is 6.03 Å². The number of pyridine rings is 2. The van der Waals surface area contributed by atoms with Crippen LogP contribution in [0.25, 0.3) is 11.3 Å². The molecule has 0 spiro atoms. The van der Waals surface area contributed by atoms with Crippen LogP contribution in [-0.4, -0.2) is 48.3 Å². The fraction of sp³-hybridized carbons (Fsp3) is 0.370. The minimum atomic E-state index is -0.517. The Balaban J connectivity index is 1.48. The molecule has 3 aromatic rings. The molecule has 3 N–H and O–H groups in total. The SMILES string of the molecule is Nc1ccc(-c2cccc(N3CCOCC3)c2)nc1N(C(=O)Nc1cncc(F)c1)C1CCCCC1. The van der Waals surface area contributed by atoms with E-state index in [1.807, 2.05) is 18.2 Å². The Hall–Kier alpha value is -3.72. The van der Waals surface area contributed by atoms with Crippen LogP contribution in [0.1, 0.15) is 32.1 Å². The van der Waals surface area contributed by atoms with E-state index >= 15 is 0 Å². The van der Waals surface area contributed by atoms with Crippen LogP contribution in [0.3, 0.4) is 0 Å². The molecule has 2 fully saturated rings. The minimum Gasteiger partial charge on any atom is -0.396 e. The number of anilines is 4. The van der Waals surface area contributed by atoms with Crippen molar-refractivity contribution in [3.8, 4) is 11.3 Å². The zero-order valence-electron chi connectivity index (χ0n) is 20.2. The van der Waals surface area contributed by atoms with Crippen LogP contribution >= 0.6 is 0 Å². The predicted octanol–water partition coefficient (Wildman–Crippen LogP) is 5.07. The molecular weight excluding hydrogens is 459 g/mol. The van der Waals surface area contributed by atoms with Crippen molar-refractivity contribution in [2.24, 2.45) is 0 Å². The summed E-state index contributed by atoms with van der Waals surface area (Å²) in [6, 6.07) is 12.7. The normalized spacial score (nSPS) is 16.5. The third-order valence-electron chi connectivity index (χ3n) is 6.77. The smallest absolute Gasteiger partial charge is 0.327 e. The molecular formula is C27H31FN6O2. The van der Waals surface area contributed by atoms with Crippen LogP contribution in [-0.2, 0) is 4.74 Å². The van der Waals surface area contributed by atoms with Crippen molar-refractivity contribution in [2.45, 2.75) is 38.1 Å². The molecule has 2 aliphatic rings. The molecule has 5 rings (SSSR count). The Kier molecular flexibility index (Phi) is 7.27. The Labute approximate surface area is 210 Å². The lowest BCUT2D eigenvalue weighted by molar-refractivity contribution is 0.122. The van der Waals surface area contributed by atoms with Crippen molar-refractivity contribution in [3.05, 3.63) is 60.7 Å². The lowest BCUT2D eigenvalue weighted by Gasteiger charge is -2.34. The summed E-state index contributed by atoms with van der Waals surface area (Å²) in [5, 5.41) is 2.79. The highest BCUT2D eigenvalue weighted by molar-refractivity contribution is 6.03. The van der Waals surface area contributed by atoms with E-state index in [0.29, 0.717) is 24.7 Å². The van der Waals surface area contributed by atoms with Gasteiger partial charge in [0, 0.05) is 36.4 Å². The van der Waals surface area contributed by atoms with Crippen molar-refractivity contribution in [1.82, 2.24) is 9.97 Å². The number of amides is 2. The first-order chi connectivity index (χ1) is 17.6. The number of hydrogen-bond acceptors (Lipinski definition) is 6. The molecule has 3 heterocycles. The number of nitrogens with one attached hydrogen (secondary N) is 1. The maximum Gasteiger partial charge on any atom is 0.327 e. The Morgan fingerprint density at radius 3 is 2.67 bits per heavy atom. The maximum atomic E-state index is 13.7. The number of rotatable bonds is 5. The molecule has 188 valence electrons. The standard InChI is InChI=1S/C27H31FN6O2/c28-20-16-21(18-30-17-20)31-27(35)34(22-6-2-1-3-7-22)26-24(29)9-10-25(32-26)19-5-4-8-23(15-19)33-11-13-36-14-12-33/h4-5,8-10,15-18,22H,1-3,6-7,11-14,29H2,(H,31,35). The summed E-state index contributed by atoms with van der Waals surface area (Å²) in [5.41, 5.74) is 9.88. The number of nitrogens with zero attached hydrogens (tertiary/aromatic N) is 4. The van der Waals surface area contributed by atoms with E-state index < -0.39 is 11.8 Å². The number of morpholine rings is 1. The quantitative estimate of drug-likeness (QED) is 0.518. The fourth-order valence-corrected chi connectivity index (χ4v) is 4.93. The van der Waals surface area contributed by atoms with Crippen LogP contribution in [0.4, 0.5) is 32.1 Å². The van der Waals surface area contributed by atoms with Gasteiger partial charge < -0.3 is 20.7 Å². The van der Waals surface area contributed by atoms with Gasteiger partial charge in [-0.05, 0) is 37.1 Å². The van der Waals surface area contributed by atoms with Crippen LogP contribution in [0, 0.1) is 5.82 Å². The van der Waals surface area contributed by atoms with E-state index in [-0.39, 0.29) is 11.7 Å². The lowest BCUT2D eigenvalue weighted by atomic mass is 9.94. The molecule has 9 heteroatoms. The van der Waals surface area contributed by atoms with Gasteiger partial charge in [-0.3, -0.25) is 9.88 Å². The molecule has 2 amide bonds. The molecule has 1 saturated heterocycles. The summed E-state index contributed by atoms with van der Waals surface area (Å²) >= 11 is 0. The second-order valence-corrected chi connectivity index (χ2v) is 9.24. The molecule has 0 bridgehead atoms. The number of aromatic nitrogens is 2. The number of urea groups is 1. The number of hydrogen-bond donors (Lipinski definition) is 2. The Morgan fingerprint density at radius 1 is 1.08 bits per heavy atom. The molecule has 1 aliphatic heterocycles. The van der Waals surface area contributed by atoms with E-state index in [1.165, 1.54) is 12.3 Å². The van der Waals surface area contributed by atoms with Crippen molar-refractivity contribution < 1.29 is 13.9 Å². The third-order valence-corrected chi connectivity index (χ3v) is 6.77. The van der Waals surface area contributed by atoms with Crippen LogP contribution in [0.15, 0.2) is 54.9 Å². The Bertz CT molecular complexity index is 1210. The minimum absolute atomic E-state index is 0.0509. The van der Waals surface area contributed by atoms with Crippen LogP contribution in [0.5, 0.6) is 0 Å². The first-order valence-electron chi connectivity index (χ1n) is 12.5. The average Bonchev–Trinajstić information content (AvgIpc) is 2.91. The van der Waals surface area contributed by atoms with Gasteiger partial charge in [-0.2, -0.15) is 0 Å². The first kappa shape index (κ1) is 24.0. The molecule has 36 heavy (non-hydrogen) atoms. The molecule has 1 aromatic carbocycles. The van der Waals surface area contributed by atoms with Gasteiger partial charge in [0.2, 0.25) is 0 Å². The molecule has 0 radical (unpaired) electrons. The van der Waals surface area contributed by atoms with Crippen molar-refractivity contribution in [1.29, 1.82) is 0 Å². The van der Waals surface area contributed by atoms with Crippen molar-refractivity contribution >= 4 is 28.9 Å². The number of carbonyl (C=O) groups is 1. The molecule has 8 nitrogen and oxygen atoms in total. The summed E-state index contributed by atoms with van der Waals surface area (Å²) in [7, 11) is 0.